The summed E-state index contributed by atoms with van der Waals surface area (Å²) >= 11 is 1.88. The maximum absolute atomic E-state index is 9.19. The minimum absolute atomic E-state index is 0.0960. The highest BCUT2D eigenvalue weighted by molar-refractivity contribution is 14.1. The molecule has 0 unspecified atom stereocenters. The Labute approximate surface area is 81.4 Å². The Hall–Kier alpha value is 0.610. The van der Waals surface area contributed by atoms with E-state index in [0.29, 0.717) is 6.61 Å². The van der Waals surface area contributed by atoms with Gasteiger partial charge in [-0.25, -0.2) is 0 Å². The average molecular weight is 271 g/mol. The molecule has 1 heterocycles. The molecule has 3 nitrogen and oxygen atoms in total. The van der Waals surface area contributed by atoms with Gasteiger partial charge in [-0.3, -0.25) is 4.90 Å². The molecular weight excluding hydrogens is 257 g/mol. The first-order chi connectivity index (χ1) is 5.25. The van der Waals surface area contributed by atoms with Crippen LogP contribution in [-0.2, 0) is 3.07 Å². The van der Waals surface area contributed by atoms with Crippen LogP contribution in [0.1, 0.15) is 12.8 Å². The molecule has 0 aromatic heterocycles. The van der Waals surface area contributed by atoms with E-state index in [-0.39, 0.29) is 12.1 Å². The van der Waals surface area contributed by atoms with E-state index in [1.54, 1.807) is 0 Å². The molecule has 0 aromatic rings. The molecule has 1 N–H and O–H groups in total. The van der Waals surface area contributed by atoms with Crippen molar-refractivity contribution in [2.75, 3.05) is 26.8 Å². The quantitative estimate of drug-likeness (QED) is 0.771. The average Bonchev–Trinajstić information content (AvgIpc) is 2.35. The van der Waals surface area contributed by atoms with Gasteiger partial charge < -0.3 is 8.17 Å². The summed E-state index contributed by atoms with van der Waals surface area (Å²) in [5.41, 5.74) is -0.0960. The molecule has 1 aliphatic heterocycles. The highest BCUT2D eigenvalue weighted by Crippen LogP contribution is 2.27. The molecule has 0 bridgehead atoms. The summed E-state index contributed by atoms with van der Waals surface area (Å²) in [5, 5.41) is 9.19. The zero-order valence-corrected chi connectivity index (χ0v) is 8.87. The molecule has 1 fully saturated rings. The van der Waals surface area contributed by atoms with Crippen molar-refractivity contribution in [3.8, 4) is 0 Å². The standard InChI is InChI=1S/C7H14INO2/c1-9-4-2-3-7(9,5-10)6-11-8/h10H,2-6H2,1H3/t7-/m1/s1. The van der Waals surface area contributed by atoms with E-state index < -0.39 is 0 Å². The Morgan fingerprint density at radius 2 is 2.45 bits per heavy atom. The number of rotatable bonds is 3. The normalized spacial score (nSPS) is 33.0. The van der Waals surface area contributed by atoms with Crippen molar-refractivity contribution in [2.24, 2.45) is 0 Å². The van der Waals surface area contributed by atoms with Crippen molar-refractivity contribution >= 4 is 23.0 Å². The maximum atomic E-state index is 9.19. The zero-order chi connectivity index (χ0) is 8.32. The molecule has 0 aliphatic carbocycles. The summed E-state index contributed by atoms with van der Waals surface area (Å²) in [6.45, 7) is 1.90. The molecule has 4 heteroatoms. The summed E-state index contributed by atoms with van der Waals surface area (Å²) < 4.78 is 5.06. The predicted molar refractivity (Wildman–Crippen MR) is 51.7 cm³/mol. The van der Waals surface area contributed by atoms with Crippen LogP contribution >= 0.6 is 23.0 Å². The Morgan fingerprint density at radius 1 is 1.73 bits per heavy atom. The van der Waals surface area contributed by atoms with Crippen molar-refractivity contribution < 1.29 is 8.17 Å². The maximum Gasteiger partial charge on any atom is 0.109 e. The number of likely N-dealkylation sites (tertiary alicyclic amines) is 1. The van der Waals surface area contributed by atoms with Gasteiger partial charge >= 0.3 is 0 Å². The summed E-state index contributed by atoms with van der Waals surface area (Å²) in [7, 11) is 2.04. The van der Waals surface area contributed by atoms with E-state index in [1.165, 1.54) is 0 Å². The fraction of sp³-hybridized carbons (Fsp3) is 1.00. The fourth-order valence-electron chi connectivity index (χ4n) is 1.60. The minimum Gasteiger partial charge on any atom is -0.394 e. The zero-order valence-electron chi connectivity index (χ0n) is 6.72. The Morgan fingerprint density at radius 3 is 2.82 bits per heavy atom. The van der Waals surface area contributed by atoms with Gasteiger partial charge in [0.2, 0.25) is 0 Å². The van der Waals surface area contributed by atoms with E-state index in [2.05, 4.69) is 4.90 Å². The summed E-state index contributed by atoms with van der Waals surface area (Å²) in [6, 6.07) is 0. The van der Waals surface area contributed by atoms with Gasteiger partial charge in [0.25, 0.3) is 0 Å². The highest BCUT2D eigenvalue weighted by atomic mass is 127. The Balaban J connectivity index is 2.57. The van der Waals surface area contributed by atoms with Gasteiger partial charge in [0.15, 0.2) is 0 Å². The molecule has 66 valence electrons. The van der Waals surface area contributed by atoms with Gasteiger partial charge in [-0.1, -0.05) is 0 Å². The fourth-order valence-corrected chi connectivity index (χ4v) is 2.18. The lowest BCUT2D eigenvalue weighted by Crippen LogP contribution is -2.48. The molecule has 0 radical (unpaired) electrons. The van der Waals surface area contributed by atoms with Gasteiger partial charge in [-0.05, 0) is 26.4 Å². The van der Waals surface area contributed by atoms with Crippen LogP contribution in [0.15, 0.2) is 0 Å². The third kappa shape index (κ3) is 1.85. The van der Waals surface area contributed by atoms with Crippen LogP contribution in [0.4, 0.5) is 0 Å². The summed E-state index contributed by atoms with van der Waals surface area (Å²) in [5.74, 6) is 0. The monoisotopic (exact) mass is 271 g/mol. The molecule has 0 aromatic carbocycles. The summed E-state index contributed by atoms with van der Waals surface area (Å²) in [4.78, 5) is 2.19. The topological polar surface area (TPSA) is 32.7 Å². The van der Waals surface area contributed by atoms with Gasteiger partial charge in [-0.2, -0.15) is 0 Å². The largest absolute Gasteiger partial charge is 0.394 e. The second kappa shape index (κ2) is 4.02. The molecule has 11 heavy (non-hydrogen) atoms. The summed E-state index contributed by atoms with van der Waals surface area (Å²) in [6.07, 6.45) is 2.21. The lowest BCUT2D eigenvalue weighted by Gasteiger charge is -2.32. The number of hydrogen-bond acceptors (Lipinski definition) is 3. The number of likely N-dealkylation sites (N-methyl/N-ethyl adjacent to an activating group) is 1. The molecule has 0 spiro atoms. The van der Waals surface area contributed by atoms with Crippen molar-refractivity contribution in [3.05, 3.63) is 0 Å². The lowest BCUT2D eigenvalue weighted by atomic mass is 9.99. The number of aliphatic hydroxyl groups is 1. The molecular formula is C7H14INO2. The third-order valence-electron chi connectivity index (χ3n) is 2.56. The molecule has 0 saturated carbocycles. The second-order valence-corrected chi connectivity index (χ2v) is 3.78. The Bertz CT molecular complexity index is 134. The number of aliphatic hydroxyl groups excluding tert-OH is 1. The smallest absolute Gasteiger partial charge is 0.109 e. The van der Waals surface area contributed by atoms with E-state index in [1.807, 2.05) is 30.1 Å². The van der Waals surface area contributed by atoms with Gasteiger partial charge in [0.05, 0.1) is 18.8 Å². The molecule has 0 amide bonds. The van der Waals surface area contributed by atoms with Crippen molar-refractivity contribution in [1.29, 1.82) is 0 Å². The van der Waals surface area contributed by atoms with Crippen LogP contribution in [0.3, 0.4) is 0 Å². The van der Waals surface area contributed by atoms with E-state index in [4.69, 9.17) is 3.07 Å². The van der Waals surface area contributed by atoms with Crippen molar-refractivity contribution in [2.45, 2.75) is 18.4 Å². The third-order valence-corrected chi connectivity index (χ3v) is 2.87. The van der Waals surface area contributed by atoms with Crippen molar-refractivity contribution in [1.82, 2.24) is 4.90 Å². The number of nitrogens with zero attached hydrogens (tertiary/aromatic N) is 1. The van der Waals surface area contributed by atoms with E-state index >= 15 is 0 Å². The van der Waals surface area contributed by atoms with Crippen LogP contribution in [0.2, 0.25) is 0 Å². The number of halogens is 1. The van der Waals surface area contributed by atoms with Crippen LogP contribution in [0.25, 0.3) is 0 Å². The highest BCUT2D eigenvalue weighted by Gasteiger charge is 2.38. The lowest BCUT2D eigenvalue weighted by molar-refractivity contribution is 0.0530. The molecule has 1 rings (SSSR count). The van der Waals surface area contributed by atoms with Crippen LogP contribution in [-0.4, -0.2) is 42.4 Å². The van der Waals surface area contributed by atoms with E-state index in [9.17, 15) is 5.11 Å². The van der Waals surface area contributed by atoms with Gasteiger partial charge in [0.1, 0.15) is 23.0 Å². The predicted octanol–water partition coefficient (Wildman–Crippen LogP) is 0.810. The van der Waals surface area contributed by atoms with Crippen LogP contribution in [0, 0.1) is 0 Å². The first-order valence-corrected chi connectivity index (χ1v) is 4.69. The first-order valence-electron chi connectivity index (χ1n) is 3.81. The van der Waals surface area contributed by atoms with Gasteiger partial charge in [-0.15, -0.1) is 0 Å². The molecule has 1 atom stereocenters. The van der Waals surface area contributed by atoms with Crippen molar-refractivity contribution in [3.63, 3.8) is 0 Å². The second-order valence-electron chi connectivity index (χ2n) is 3.16. The van der Waals surface area contributed by atoms with E-state index in [0.717, 1.165) is 19.4 Å². The van der Waals surface area contributed by atoms with Gasteiger partial charge in [0, 0.05) is 0 Å². The first kappa shape index (κ1) is 9.70. The minimum atomic E-state index is -0.0960. The SMILES string of the molecule is CN1CCC[C@@]1(CO)COI. The molecule has 1 aliphatic rings. The number of hydrogen-bond donors (Lipinski definition) is 1. The molecule has 1 saturated heterocycles. The van der Waals surface area contributed by atoms with Crippen LogP contribution < -0.4 is 0 Å². The Kier molecular flexibility index (Phi) is 3.54. The van der Waals surface area contributed by atoms with Crippen LogP contribution in [0.5, 0.6) is 0 Å².